The van der Waals surface area contributed by atoms with Crippen LogP contribution in [0.15, 0.2) is 21.9 Å². The maximum Gasteiger partial charge on any atom is 0.330 e. The van der Waals surface area contributed by atoms with Crippen molar-refractivity contribution in [1.29, 1.82) is 0 Å². The molecule has 1 saturated heterocycles. The van der Waals surface area contributed by atoms with Crippen molar-refractivity contribution in [2.45, 2.75) is 63.5 Å². The number of aromatic nitrogens is 2. The lowest BCUT2D eigenvalue weighted by molar-refractivity contribution is -0.0479. The van der Waals surface area contributed by atoms with Gasteiger partial charge in [0.05, 0.1) is 6.61 Å². The van der Waals surface area contributed by atoms with Gasteiger partial charge in [0.25, 0.3) is 5.56 Å². The Morgan fingerprint density at radius 3 is 2.54 bits per heavy atom. The van der Waals surface area contributed by atoms with E-state index in [2.05, 4.69) is 4.98 Å². The van der Waals surface area contributed by atoms with E-state index in [0.717, 1.165) is 10.6 Å². The number of ether oxygens (including phenoxy) is 1. The highest BCUT2D eigenvalue weighted by Crippen LogP contribution is 2.41. The molecule has 2 heterocycles. The molecular formula is C15H25FN2O5Si. The average Bonchev–Trinajstić information content (AvgIpc) is 2.74. The highest BCUT2D eigenvalue weighted by atomic mass is 28.4. The number of halogens is 1. The van der Waals surface area contributed by atoms with Gasteiger partial charge in [-0.05, 0) is 18.1 Å². The molecule has 1 aromatic heterocycles. The van der Waals surface area contributed by atoms with Crippen LogP contribution in [0.3, 0.4) is 0 Å². The molecule has 1 aromatic rings. The van der Waals surface area contributed by atoms with Crippen molar-refractivity contribution < 1.29 is 18.7 Å². The van der Waals surface area contributed by atoms with Crippen LogP contribution >= 0.6 is 0 Å². The molecule has 24 heavy (non-hydrogen) atoms. The van der Waals surface area contributed by atoms with Crippen LogP contribution in [0.1, 0.15) is 27.0 Å². The van der Waals surface area contributed by atoms with E-state index in [1.807, 2.05) is 33.9 Å². The molecule has 2 N–H and O–H groups in total. The van der Waals surface area contributed by atoms with Crippen LogP contribution in [0.25, 0.3) is 0 Å². The monoisotopic (exact) mass is 360 g/mol. The number of hydrogen-bond donors (Lipinski definition) is 2. The molecule has 1 aliphatic rings. The fourth-order valence-electron chi connectivity index (χ4n) is 2.35. The van der Waals surface area contributed by atoms with Crippen molar-refractivity contribution >= 4 is 8.32 Å². The minimum Gasteiger partial charge on any atom is -0.408 e. The minimum atomic E-state index is -2.30. The average molecular weight is 360 g/mol. The molecule has 0 aromatic carbocycles. The van der Waals surface area contributed by atoms with Crippen LogP contribution in [-0.2, 0) is 9.16 Å². The summed E-state index contributed by atoms with van der Waals surface area (Å²) >= 11 is 0. The molecular weight excluding hydrogens is 335 g/mol. The summed E-state index contributed by atoms with van der Waals surface area (Å²) < 4.78 is 27.6. The number of aliphatic hydroxyl groups excluding tert-OH is 1. The van der Waals surface area contributed by atoms with Gasteiger partial charge in [0.15, 0.2) is 20.7 Å². The molecule has 0 unspecified atom stereocenters. The molecule has 7 nitrogen and oxygen atoms in total. The Labute approximate surface area is 140 Å². The van der Waals surface area contributed by atoms with E-state index in [9.17, 15) is 19.1 Å². The molecule has 0 amide bonds. The molecule has 0 spiro atoms. The molecule has 0 saturated carbocycles. The van der Waals surface area contributed by atoms with Crippen molar-refractivity contribution in [3.8, 4) is 0 Å². The Hall–Kier alpha value is -1.29. The number of H-pyrrole nitrogens is 1. The lowest BCUT2D eigenvalue weighted by atomic mass is 10.1. The van der Waals surface area contributed by atoms with Gasteiger partial charge in [-0.3, -0.25) is 14.3 Å². The summed E-state index contributed by atoms with van der Waals surface area (Å²) in [6, 6.07) is 1.12. The second-order valence-electron chi connectivity index (χ2n) is 7.55. The smallest absolute Gasteiger partial charge is 0.330 e. The minimum absolute atomic E-state index is 0.139. The summed E-state index contributed by atoms with van der Waals surface area (Å²) in [4.78, 5) is 25.1. The van der Waals surface area contributed by atoms with Gasteiger partial charge in [0, 0.05) is 12.3 Å². The number of hydrogen-bond acceptors (Lipinski definition) is 5. The van der Waals surface area contributed by atoms with Crippen LogP contribution in [0.4, 0.5) is 4.39 Å². The third-order valence-corrected chi connectivity index (χ3v) is 9.28. The zero-order valence-corrected chi connectivity index (χ0v) is 15.6. The summed E-state index contributed by atoms with van der Waals surface area (Å²) in [6.07, 6.45) is -3.56. The van der Waals surface area contributed by atoms with Gasteiger partial charge in [-0.1, -0.05) is 20.8 Å². The van der Waals surface area contributed by atoms with E-state index >= 15 is 0 Å². The van der Waals surface area contributed by atoms with Crippen LogP contribution in [0.2, 0.25) is 18.1 Å². The topological polar surface area (TPSA) is 93.6 Å². The highest BCUT2D eigenvalue weighted by Gasteiger charge is 2.51. The molecule has 0 bridgehead atoms. The third-order valence-electron chi connectivity index (χ3n) is 4.81. The standard InChI is InChI=1S/C15H25FN2O5Si/c1-15(2,3)24(4,5)23-12-9(8-19)22-13(11(12)16)18-7-6-10(20)17-14(18)21/h6-7,9,11-13,19H,8H2,1-5H3,(H,17,20,21)/t9-,11-,12-,13-/m1/s1. The van der Waals surface area contributed by atoms with Crippen LogP contribution in [0, 0.1) is 0 Å². The van der Waals surface area contributed by atoms with Gasteiger partial charge >= 0.3 is 5.69 Å². The van der Waals surface area contributed by atoms with E-state index in [-0.39, 0.29) is 5.04 Å². The lowest BCUT2D eigenvalue weighted by Gasteiger charge is -2.39. The molecule has 1 fully saturated rings. The Bertz CT molecular complexity index is 696. The van der Waals surface area contributed by atoms with Gasteiger partial charge in [-0.25, -0.2) is 9.18 Å². The van der Waals surface area contributed by atoms with Crippen LogP contribution < -0.4 is 11.2 Å². The maximum absolute atomic E-state index is 15.0. The summed E-state index contributed by atoms with van der Waals surface area (Å²) in [6.45, 7) is 9.62. The molecule has 136 valence electrons. The lowest BCUT2D eigenvalue weighted by Crippen LogP contribution is -2.49. The molecule has 0 aliphatic carbocycles. The second-order valence-corrected chi connectivity index (χ2v) is 12.3. The van der Waals surface area contributed by atoms with Crippen molar-refractivity contribution in [2.24, 2.45) is 0 Å². The predicted octanol–water partition coefficient (Wildman–Crippen LogP) is 1.15. The normalized spacial score (nSPS) is 28.3. The van der Waals surface area contributed by atoms with E-state index in [1.54, 1.807) is 0 Å². The number of rotatable bonds is 4. The summed E-state index contributed by atoms with van der Waals surface area (Å²) in [5.74, 6) is 0. The van der Waals surface area contributed by atoms with Crippen LogP contribution in [0.5, 0.6) is 0 Å². The largest absolute Gasteiger partial charge is 0.408 e. The molecule has 9 heteroatoms. The van der Waals surface area contributed by atoms with Crippen molar-refractivity contribution in [1.82, 2.24) is 9.55 Å². The Morgan fingerprint density at radius 1 is 1.42 bits per heavy atom. The van der Waals surface area contributed by atoms with E-state index in [4.69, 9.17) is 9.16 Å². The first-order chi connectivity index (χ1) is 11.0. The van der Waals surface area contributed by atoms with Crippen molar-refractivity contribution in [3.63, 3.8) is 0 Å². The first-order valence-corrected chi connectivity index (χ1v) is 10.8. The van der Waals surface area contributed by atoms with E-state index in [0.29, 0.717) is 0 Å². The number of aromatic amines is 1. The van der Waals surface area contributed by atoms with E-state index in [1.165, 1.54) is 6.20 Å². The number of nitrogens with zero attached hydrogens (tertiary/aromatic N) is 1. The third kappa shape index (κ3) is 3.53. The summed E-state index contributed by atoms with van der Waals surface area (Å²) in [5, 5.41) is 9.39. The first kappa shape index (κ1) is 19.0. The zero-order chi connectivity index (χ0) is 18.3. The highest BCUT2D eigenvalue weighted by molar-refractivity contribution is 6.74. The van der Waals surface area contributed by atoms with Gasteiger partial charge in [-0.15, -0.1) is 0 Å². The molecule has 1 aliphatic heterocycles. The predicted molar refractivity (Wildman–Crippen MR) is 89.3 cm³/mol. The number of nitrogens with one attached hydrogen (secondary N) is 1. The molecule has 0 radical (unpaired) electrons. The quantitative estimate of drug-likeness (QED) is 0.786. The van der Waals surface area contributed by atoms with Crippen molar-refractivity contribution in [2.75, 3.05) is 6.61 Å². The molecule has 2 rings (SSSR count). The zero-order valence-electron chi connectivity index (χ0n) is 14.6. The van der Waals surface area contributed by atoms with Crippen molar-refractivity contribution in [3.05, 3.63) is 33.1 Å². The molecule has 4 atom stereocenters. The van der Waals surface area contributed by atoms with Gasteiger partial charge in [0.1, 0.15) is 12.2 Å². The number of alkyl halides is 1. The fraction of sp³-hybridized carbons (Fsp3) is 0.733. The van der Waals surface area contributed by atoms with E-state index < -0.39 is 50.8 Å². The SMILES string of the molecule is CC(C)(C)[Si](C)(C)O[C@H]1[C@@H](F)[C@H](n2ccc(=O)[nH]c2=O)O[C@@H]1CO. The van der Waals surface area contributed by atoms with Crippen LogP contribution in [-0.4, -0.2) is 48.0 Å². The number of aliphatic hydroxyl groups is 1. The first-order valence-electron chi connectivity index (χ1n) is 7.87. The second kappa shape index (κ2) is 6.55. The van der Waals surface area contributed by atoms with Gasteiger partial charge in [-0.2, -0.15) is 0 Å². The maximum atomic E-state index is 15.0. The Kier molecular flexibility index (Phi) is 5.19. The summed E-state index contributed by atoms with van der Waals surface area (Å²) in [7, 11) is -2.30. The van der Waals surface area contributed by atoms with Gasteiger partial charge in [0.2, 0.25) is 0 Å². The van der Waals surface area contributed by atoms with Gasteiger partial charge < -0.3 is 14.3 Å². The Morgan fingerprint density at radius 2 is 2.04 bits per heavy atom. The Balaban J connectivity index is 2.31. The fourth-order valence-corrected chi connectivity index (χ4v) is 3.67. The summed E-state index contributed by atoms with van der Waals surface area (Å²) in [5.41, 5.74) is -1.34.